The maximum atomic E-state index is 12.2. The first-order valence-corrected chi connectivity index (χ1v) is 6.49. The number of amides is 1. The Balaban J connectivity index is 2.37. The number of alkyl halides is 3. The zero-order valence-electron chi connectivity index (χ0n) is 11.6. The number of hydrogen-bond donors (Lipinski definition) is 3. The Morgan fingerprint density at radius 1 is 1.17 bits per heavy atom. The van der Waals surface area contributed by atoms with Crippen molar-refractivity contribution in [1.82, 2.24) is 5.32 Å². The third-order valence-corrected chi connectivity index (χ3v) is 3.30. The molecule has 1 atom stereocenters. The van der Waals surface area contributed by atoms with Gasteiger partial charge in [0.05, 0.1) is 5.92 Å². The molecule has 23 heavy (non-hydrogen) atoms. The monoisotopic (exact) mass is 327 g/mol. The smallest absolute Gasteiger partial charge is 0.471 e. The fourth-order valence-corrected chi connectivity index (χ4v) is 2.21. The molecule has 0 aliphatic heterocycles. The van der Waals surface area contributed by atoms with Crippen LogP contribution in [0.5, 0.6) is 5.75 Å². The Labute approximate surface area is 128 Å². The van der Waals surface area contributed by atoms with E-state index in [-0.39, 0.29) is 11.3 Å². The van der Waals surface area contributed by atoms with Crippen molar-refractivity contribution in [3.05, 3.63) is 42.0 Å². The van der Waals surface area contributed by atoms with Gasteiger partial charge in [-0.1, -0.05) is 24.3 Å². The minimum absolute atomic E-state index is 0.103. The van der Waals surface area contributed by atoms with Crippen LogP contribution in [0.25, 0.3) is 10.8 Å². The van der Waals surface area contributed by atoms with E-state index >= 15 is 0 Å². The predicted octanol–water partition coefficient (Wildman–Crippen LogP) is 2.39. The summed E-state index contributed by atoms with van der Waals surface area (Å²) in [7, 11) is 0. The fraction of sp³-hybridized carbons (Fsp3) is 0.200. The highest BCUT2D eigenvalue weighted by atomic mass is 19.4. The molecule has 122 valence electrons. The van der Waals surface area contributed by atoms with Crippen molar-refractivity contribution in [3.63, 3.8) is 0 Å². The average Bonchev–Trinajstić information content (AvgIpc) is 2.46. The second kappa shape index (κ2) is 6.15. The van der Waals surface area contributed by atoms with Gasteiger partial charge in [0.2, 0.25) is 0 Å². The van der Waals surface area contributed by atoms with E-state index in [0.717, 1.165) is 0 Å². The number of carboxylic acids is 1. The molecule has 0 bridgehead atoms. The summed E-state index contributed by atoms with van der Waals surface area (Å²) in [6, 6.07) is 8.95. The van der Waals surface area contributed by atoms with Crippen LogP contribution >= 0.6 is 0 Å². The van der Waals surface area contributed by atoms with Crippen molar-refractivity contribution < 1.29 is 33.0 Å². The largest absolute Gasteiger partial charge is 0.508 e. The Morgan fingerprint density at radius 2 is 1.87 bits per heavy atom. The van der Waals surface area contributed by atoms with Crippen LogP contribution < -0.4 is 5.32 Å². The number of aromatic hydroxyl groups is 1. The van der Waals surface area contributed by atoms with E-state index in [1.165, 1.54) is 18.2 Å². The molecule has 5 nitrogen and oxygen atoms in total. The molecule has 0 aliphatic rings. The molecule has 1 amide bonds. The lowest BCUT2D eigenvalue weighted by atomic mass is 9.93. The van der Waals surface area contributed by atoms with Crippen LogP contribution in [-0.4, -0.2) is 34.8 Å². The van der Waals surface area contributed by atoms with E-state index < -0.39 is 30.5 Å². The Bertz CT molecular complexity index is 758. The van der Waals surface area contributed by atoms with Gasteiger partial charge < -0.3 is 15.5 Å². The Morgan fingerprint density at radius 3 is 2.48 bits per heavy atom. The molecule has 0 saturated carbocycles. The molecule has 2 rings (SSSR count). The third-order valence-electron chi connectivity index (χ3n) is 3.30. The summed E-state index contributed by atoms with van der Waals surface area (Å²) in [5, 5.41) is 21.4. The number of carboxylic acid groups (broad SMARTS) is 1. The first-order chi connectivity index (χ1) is 10.7. The highest BCUT2D eigenvalue weighted by Gasteiger charge is 2.39. The molecule has 0 radical (unpaired) electrons. The molecular weight excluding hydrogens is 315 g/mol. The van der Waals surface area contributed by atoms with Gasteiger partial charge in [0, 0.05) is 6.54 Å². The first-order valence-electron chi connectivity index (χ1n) is 6.49. The summed E-state index contributed by atoms with van der Waals surface area (Å²) in [6.45, 7) is -0.720. The van der Waals surface area contributed by atoms with E-state index in [9.17, 15) is 33.0 Å². The number of phenolic OH excluding ortho intramolecular Hbond substituents is 1. The average molecular weight is 327 g/mol. The Kier molecular flexibility index (Phi) is 4.44. The molecule has 0 spiro atoms. The Hall–Kier alpha value is -2.77. The number of carbonyl (C=O) groups excluding carboxylic acids is 1. The van der Waals surface area contributed by atoms with Crippen molar-refractivity contribution in [2.45, 2.75) is 12.1 Å². The highest BCUT2D eigenvalue weighted by molar-refractivity contribution is 5.92. The maximum Gasteiger partial charge on any atom is 0.471 e. The van der Waals surface area contributed by atoms with Crippen molar-refractivity contribution in [1.29, 1.82) is 0 Å². The van der Waals surface area contributed by atoms with Crippen molar-refractivity contribution in [2.24, 2.45) is 0 Å². The van der Waals surface area contributed by atoms with Crippen molar-refractivity contribution >= 4 is 22.6 Å². The second-order valence-corrected chi connectivity index (χ2v) is 4.85. The van der Waals surface area contributed by atoms with Crippen molar-refractivity contribution in [2.75, 3.05) is 6.54 Å². The minimum Gasteiger partial charge on any atom is -0.508 e. The molecular formula is C15H12F3NO4. The fourth-order valence-electron chi connectivity index (χ4n) is 2.21. The minimum atomic E-state index is -5.08. The van der Waals surface area contributed by atoms with Gasteiger partial charge in [-0.05, 0) is 28.5 Å². The number of aliphatic carboxylic acids is 1. The van der Waals surface area contributed by atoms with Crippen LogP contribution in [0.15, 0.2) is 36.4 Å². The molecule has 2 aromatic carbocycles. The van der Waals surface area contributed by atoms with Gasteiger partial charge in [-0.15, -0.1) is 0 Å². The molecule has 2 aromatic rings. The number of rotatable bonds is 4. The lowest BCUT2D eigenvalue weighted by Gasteiger charge is -2.17. The molecule has 3 N–H and O–H groups in total. The standard InChI is InChI=1S/C15H12F3NO4/c16-15(17,18)14(23)19-7-12(13(21)22)10-3-1-2-8-4-5-9(20)6-11(8)10/h1-6,12,20H,7H2,(H,19,23)(H,21,22). The first kappa shape index (κ1) is 16.6. The number of fused-ring (bicyclic) bond motifs is 1. The molecule has 0 aliphatic carbocycles. The molecule has 8 heteroatoms. The van der Waals surface area contributed by atoms with Gasteiger partial charge in [0.25, 0.3) is 0 Å². The molecule has 0 heterocycles. The summed E-state index contributed by atoms with van der Waals surface area (Å²) >= 11 is 0. The van der Waals surface area contributed by atoms with E-state index in [4.69, 9.17) is 0 Å². The van der Waals surface area contributed by atoms with Crippen LogP contribution in [-0.2, 0) is 9.59 Å². The number of benzene rings is 2. The summed E-state index contributed by atoms with van der Waals surface area (Å²) in [6.07, 6.45) is -5.08. The lowest BCUT2D eigenvalue weighted by Crippen LogP contribution is -2.40. The molecule has 0 fully saturated rings. The van der Waals surface area contributed by atoms with Crippen LogP contribution in [0.1, 0.15) is 11.5 Å². The van der Waals surface area contributed by atoms with Crippen LogP contribution in [0.3, 0.4) is 0 Å². The second-order valence-electron chi connectivity index (χ2n) is 4.85. The zero-order chi connectivity index (χ0) is 17.2. The predicted molar refractivity (Wildman–Crippen MR) is 75.1 cm³/mol. The summed E-state index contributed by atoms with van der Waals surface area (Å²) in [4.78, 5) is 22.3. The number of halogens is 3. The molecule has 0 saturated heterocycles. The number of phenols is 1. The lowest BCUT2D eigenvalue weighted by molar-refractivity contribution is -0.173. The van der Waals surface area contributed by atoms with Gasteiger partial charge >= 0.3 is 18.1 Å². The number of carbonyl (C=O) groups is 2. The van der Waals surface area contributed by atoms with Crippen LogP contribution in [0.2, 0.25) is 0 Å². The van der Waals surface area contributed by atoms with Crippen molar-refractivity contribution in [3.8, 4) is 5.75 Å². The van der Waals surface area contributed by atoms with E-state index in [2.05, 4.69) is 0 Å². The van der Waals surface area contributed by atoms with Gasteiger partial charge in [-0.3, -0.25) is 9.59 Å². The summed E-state index contributed by atoms with van der Waals surface area (Å²) in [5.74, 6) is -5.07. The van der Waals surface area contributed by atoms with E-state index in [1.807, 2.05) is 0 Å². The van der Waals surface area contributed by atoms with Gasteiger partial charge in [0.1, 0.15) is 5.75 Å². The van der Waals surface area contributed by atoms with Gasteiger partial charge in [-0.25, -0.2) is 0 Å². The topological polar surface area (TPSA) is 86.6 Å². The zero-order valence-corrected chi connectivity index (χ0v) is 11.6. The van der Waals surface area contributed by atoms with E-state index in [0.29, 0.717) is 10.8 Å². The number of nitrogens with one attached hydrogen (secondary N) is 1. The molecule has 0 aromatic heterocycles. The van der Waals surface area contributed by atoms with Gasteiger partial charge in [0.15, 0.2) is 0 Å². The van der Waals surface area contributed by atoms with E-state index in [1.54, 1.807) is 23.5 Å². The quantitative estimate of drug-likeness (QED) is 0.805. The van der Waals surface area contributed by atoms with Gasteiger partial charge in [-0.2, -0.15) is 13.2 Å². The highest BCUT2D eigenvalue weighted by Crippen LogP contribution is 2.29. The van der Waals surface area contributed by atoms with Crippen LogP contribution in [0, 0.1) is 0 Å². The summed E-state index contributed by atoms with van der Waals surface area (Å²) < 4.78 is 36.6. The van der Waals surface area contributed by atoms with Crippen LogP contribution in [0.4, 0.5) is 13.2 Å². The molecule has 1 unspecified atom stereocenters. The SMILES string of the molecule is O=C(O)C(CNC(=O)C(F)(F)F)c1cccc2ccc(O)cc12. The normalized spacial score (nSPS) is 12.8. The summed E-state index contributed by atoms with van der Waals surface area (Å²) in [5.41, 5.74) is 0.202. The number of hydrogen-bond acceptors (Lipinski definition) is 3. The third kappa shape index (κ3) is 3.71. The maximum absolute atomic E-state index is 12.2.